The smallest absolute Gasteiger partial charge is 0.310 e. The Kier molecular flexibility index (Phi) is 2.58. The summed E-state index contributed by atoms with van der Waals surface area (Å²) in [6.45, 7) is 3.25. The number of amides is 2. The van der Waals surface area contributed by atoms with E-state index < -0.39 is 17.4 Å². The maximum atomic E-state index is 11.5. The molecule has 6 heteroatoms. The van der Waals surface area contributed by atoms with Crippen LogP contribution >= 0.6 is 0 Å². The van der Waals surface area contributed by atoms with Crippen molar-refractivity contribution < 1.29 is 19.1 Å². The highest BCUT2D eigenvalue weighted by molar-refractivity contribution is 6.35. The number of ether oxygens (including phenoxy) is 2. The van der Waals surface area contributed by atoms with Crippen LogP contribution in [0.3, 0.4) is 0 Å². The monoisotopic (exact) mass is 262 g/mol. The van der Waals surface area contributed by atoms with Gasteiger partial charge in [0, 0.05) is 6.54 Å². The first-order chi connectivity index (χ1) is 9.08. The number of fused-ring (bicyclic) bond motifs is 1. The van der Waals surface area contributed by atoms with Crippen molar-refractivity contribution in [3.05, 3.63) is 23.8 Å². The molecule has 2 aliphatic rings. The summed E-state index contributed by atoms with van der Waals surface area (Å²) < 4.78 is 11.0. The number of hydrogen-bond donors (Lipinski definition) is 2. The van der Waals surface area contributed by atoms with E-state index >= 15 is 0 Å². The second-order valence-electron chi connectivity index (χ2n) is 4.83. The van der Waals surface area contributed by atoms with Gasteiger partial charge in [-0.3, -0.25) is 9.59 Å². The van der Waals surface area contributed by atoms with Crippen molar-refractivity contribution in [2.24, 2.45) is 0 Å². The number of carbonyl (C=O) groups is 2. The SMILES string of the molecule is CC1(c2ccc3c(c2)OCCO3)CNC(=O)C(=O)N1. The number of nitrogens with one attached hydrogen (secondary N) is 2. The van der Waals surface area contributed by atoms with Crippen LogP contribution in [-0.4, -0.2) is 31.6 Å². The minimum atomic E-state index is -0.638. The third-order valence-electron chi connectivity index (χ3n) is 3.38. The van der Waals surface area contributed by atoms with E-state index in [0.717, 1.165) is 5.56 Å². The molecule has 1 aromatic rings. The van der Waals surface area contributed by atoms with Crippen molar-refractivity contribution in [2.45, 2.75) is 12.5 Å². The standard InChI is InChI=1S/C13H14N2O4/c1-13(7-14-11(16)12(17)15-13)8-2-3-9-10(6-8)19-5-4-18-9/h2-3,6H,4-5,7H2,1H3,(H,14,16)(H,15,17). The van der Waals surface area contributed by atoms with Crippen LogP contribution in [0, 0.1) is 0 Å². The molecule has 0 radical (unpaired) electrons. The average molecular weight is 262 g/mol. The zero-order valence-corrected chi connectivity index (χ0v) is 10.5. The lowest BCUT2D eigenvalue weighted by Crippen LogP contribution is -2.60. The Labute approximate surface area is 110 Å². The molecule has 0 bridgehead atoms. The normalized spacial score (nSPS) is 25.5. The molecule has 6 nitrogen and oxygen atoms in total. The minimum Gasteiger partial charge on any atom is -0.486 e. The topological polar surface area (TPSA) is 76.7 Å². The molecule has 2 amide bonds. The molecule has 1 saturated heterocycles. The third-order valence-corrected chi connectivity index (χ3v) is 3.38. The minimum absolute atomic E-state index is 0.344. The number of piperazine rings is 1. The largest absolute Gasteiger partial charge is 0.486 e. The van der Waals surface area contributed by atoms with E-state index in [0.29, 0.717) is 31.3 Å². The van der Waals surface area contributed by atoms with Gasteiger partial charge < -0.3 is 20.1 Å². The predicted octanol–water partition coefficient (Wildman–Crippen LogP) is -0.0810. The van der Waals surface area contributed by atoms with E-state index in [2.05, 4.69) is 10.6 Å². The van der Waals surface area contributed by atoms with Gasteiger partial charge in [0.2, 0.25) is 0 Å². The number of benzene rings is 1. The van der Waals surface area contributed by atoms with Gasteiger partial charge in [-0.2, -0.15) is 0 Å². The van der Waals surface area contributed by atoms with E-state index in [9.17, 15) is 9.59 Å². The lowest BCUT2D eigenvalue weighted by atomic mass is 9.90. The molecule has 2 heterocycles. The molecule has 1 atom stereocenters. The van der Waals surface area contributed by atoms with Crippen molar-refractivity contribution >= 4 is 11.8 Å². The van der Waals surface area contributed by atoms with E-state index in [1.54, 1.807) is 0 Å². The van der Waals surface area contributed by atoms with E-state index in [1.165, 1.54) is 0 Å². The molecule has 3 rings (SSSR count). The zero-order valence-electron chi connectivity index (χ0n) is 10.5. The molecule has 0 aliphatic carbocycles. The Morgan fingerprint density at radius 2 is 1.84 bits per heavy atom. The summed E-state index contributed by atoms with van der Waals surface area (Å²) in [5.41, 5.74) is 0.228. The average Bonchev–Trinajstić information content (AvgIpc) is 2.43. The molecule has 2 N–H and O–H groups in total. The zero-order chi connectivity index (χ0) is 13.5. The molecule has 1 fully saturated rings. The van der Waals surface area contributed by atoms with Gasteiger partial charge >= 0.3 is 11.8 Å². The summed E-state index contributed by atoms with van der Waals surface area (Å²) in [7, 11) is 0. The van der Waals surface area contributed by atoms with Crippen molar-refractivity contribution in [3.63, 3.8) is 0 Å². The Balaban J connectivity index is 1.93. The van der Waals surface area contributed by atoms with E-state index in [-0.39, 0.29) is 0 Å². The highest BCUT2D eigenvalue weighted by Gasteiger charge is 2.36. The van der Waals surface area contributed by atoms with E-state index in [1.807, 2.05) is 25.1 Å². The lowest BCUT2D eigenvalue weighted by Gasteiger charge is -2.35. The van der Waals surface area contributed by atoms with Crippen LogP contribution in [0.1, 0.15) is 12.5 Å². The Morgan fingerprint density at radius 1 is 1.11 bits per heavy atom. The van der Waals surface area contributed by atoms with E-state index in [4.69, 9.17) is 9.47 Å². The first-order valence-electron chi connectivity index (χ1n) is 6.09. The van der Waals surface area contributed by atoms with Gasteiger partial charge in [-0.15, -0.1) is 0 Å². The summed E-state index contributed by atoms with van der Waals surface area (Å²) in [6, 6.07) is 5.52. The fraction of sp³-hybridized carbons (Fsp3) is 0.385. The summed E-state index contributed by atoms with van der Waals surface area (Å²) in [5, 5.41) is 5.30. The van der Waals surface area contributed by atoms with Gasteiger partial charge in [0.25, 0.3) is 0 Å². The Bertz CT molecular complexity index is 558. The molecule has 19 heavy (non-hydrogen) atoms. The van der Waals surface area contributed by atoms with Crippen LogP contribution in [0.2, 0.25) is 0 Å². The van der Waals surface area contributed by atoms with Crippen LogP contribution in [-0.2, 0) is 15.1 Å². The highest BCUT2D eigenvalue weighted by atomic mass is 16.6. The fourth-order valence-electron chi connectivity index (χ4n) is 2.25. The molecular weight excluding hydrogens is 248 g/mol. The number of hydrogen-bond acceptors (Lipinski definition) is 4. The summed E-state index contributed by atoms with van der Waals surface area (Å²) >= 11 is 0. The fourth-order valence-corrected chi connectivity index (χ4v) is 2.25. The van der Waals surface area contributed by atoms with Crippen LogP contribution in [0.15, 0.2) is 18.2 Å². The summed E-state index contributed by atoms with van der Waals surface area (Å²) in [6.07, 6.45) is 0. The van der Waals surface area contributed by atoms with Crippen LogP contribution in [0.4, 0.5) is 0 Å². The third kappa shape index (κ3) is 1.99. The Morgan fingerprint density at radius 3 is 2.58 bits per heavy atom. The van der Waals surface area contributed by atoms with Gasteiger partial charge in [0.05, 0.1) is 5.54 Å². The van der Waals surface area contributed by atoms with Gasteiger partial charge in [0.15, 0.2) is 11.5 Å². The van der Waals surface area contributed by atoms with Crippen molar-refractivity contribution in [1.29, 1.82) is 0 Å². The molecule has 0 saturated carbocycles. The van der Waals surface area contributed by atoms with Gasteiger partial charge in [-0.1, -0.05) is 6.07 Å². The molecule has 1 aromatic carbocycles. The first kappa shape index (κ1) is 11.8. The molecule has 100 valence electrons. The second kappa shape index (κ2) is 4.15. The maximum absolute atomic E-state index is 11.5. The summed E-state index contributed by atoms with van der Waals surface area (Å²) in [4.78, 5) is 22.7. The van der Waals surface area contributed by atoms with Gasteiger partial charge in [0.1, 0.15) is 13.2 Å². The van der Waals surface area contributed by atoms with Crippen LogP contribution in [0.25, 0.3) is 0 Å². The number of carbonyl (C=O) groups excluding carboxylic acids is 2. The molecule has 1 unspecified atom stereocenters. The predicted molar refractivity (Wildman–Crippen MR) is 65.9 cm³/mol. The number of rotatable bonds is 1. The van der Waals surface area contributed by atoms with Crippen molar-refractivity contribution in [3.8, 4) is 11.5 Å². The summed E-state index contributed by atoms with van der Waals surface area (Å²) in [5.74, 6) is 0.138. The quantitative estimate of drug-likeness (QED) is 0.694. The molecule has 2 aliphatic heterocycles. The van der Waals surface area contributed by atoms with Crippen LogP contribution in [0.5, 0.6) is 11.5 Å². The van der Waals surface area contributed by atoms with Crippen molar-refractivity contribution in [2.75, 3.05) is 19.8 Å². The maximum Gasteiger partial charge on any atom is 0.310 e. The highest BCUT2D eigenvalue weighted by Crippen LogP contribution is 2.34. The lowest BCUT2D eigenvalue weighted by molar-refractivity contribution is -0.142. The van der Waals surface area contributed by atoms with Crippen molar-refractivity contribution in [1.82, 2.24) is 10.6 Å². The molecule has 0 spiro atoms. The second-order valence-corrected chi connectivity index (χ2v) is 4.83. The van der Waals surface area contributed by atoms with Gasteiger partial charge in [-0.25, -0.2) is 0 Å². The first-order valence-corrected chi connectivity index (χ1v) is 6.09. The van der Waals surface area contributed by atoms with Crippen LogP contribution < -0.4 is 20.1 Å². The van der Waals surface area contributed by atoms with Gasteiger partial charge in [-0.05, 0) is 24.6 Å². The molecular formula is C13H14N2O4. The molecule has 0 aromatic heterocycles. The Hall–Kier alpha value is -2.24.